The minimum absolute atomic E-state index is 0.0460. The van der Waals surface area contributed by atoms with E-state index in [0.717, 1.165) is 5.56 Å². The molecule has 1 aromatic carbocycles. The van der Waals surface area contributed by atoms with Crippen LogP contribution in [0.3, 0.4) is 0 Å². The third-order valence-electron chi connectivity index (χ3n) is 3.96. The fourth-order valence-corrected chi connectivity index (χ4v) is 3.16. The topological polar surface area (TPSA) is 151 Å². The number of carbonyl (C=O) groups excluding carboxylic acids is 1. The lowest BCUT2D eigenvalue weighted by molar-refractivity contribution is 0.262. The molecule has 2 aromatic heterocycles. The lowest BCUT2D eigenvalue weighted by Crippen LogP contribution is -2.20. The van der Waals surface area contributed by atoms with Gasteiger partial charge in [-0.15, -0.1) is 0 Å². The number of nitrogens with zero attached hydrogens (tertiary/aromatic N) is 3. The Balaban J connectivity index is 1.76. The summed E-state index contributed by atoms with van der Waals surface area (Å²) in [6.07, 6.45) is 4.68. The minimum atomic E-state index is -1.06. The van der Waals surface area contributed by atoms with Gasteiger partial charge in [0.2, 0.25) is 0 Å². The molecule has 0 radical (unpaired) electrons. The van der Waals surface area contributed by atoms with E-state index < -0.39 is 17.2 Å². The van der Waals surface area contributed by atoms with Gasteiger partial charge >= 0.3 is 6.03 Å². The standard InChI is InChI=1S/C19H23N7O3S/c1-12(10-27)22-17-7-15(11-30(2)29)23-18(26-17)13-3-5-14(6-4-13)24-19(28)25-16-8-20-21-9-16/h3-9,12,27H,10-11H2,1-2H3,(H,20,21)(H,22,23,26)(H2,24,25,28)/t12-,30?/m0/s1. The number of amides is 2. The van der Waals surface area contributed by atoms with Gasteiger partial charge < -0.3 is 25.6 Å². The number of hydrogen-bond acceptors (Lipinski definition) is 7. The lowest BCUT2D eigenvalue weighted by atomic mass is 10.2. The van der Waals surface area contributed by atoms with E-state index in [1.54, 1.807) is 42.8 Å². The van der Waals surface area contributed by atoms with Crippen LogP contribution in [0.2, 0.25) is 0 Å². The smallest absolute Gasteiger partial charge is 0.323 e. The maximum Gasteiger partial charge on any atom is 0.323 e. The Kier molecular flexibility index (Phi) is 7.22. The number of hydrogen-bond donors (Lipinski definition) is 5. The monoisotopic (exact) mass is 429 g/mol. The van der Waals surface area contributed by atoms with Crippen LogP contribution >= 0.6 is 0 Å². The Morgan fingerprint density at radius 1 is 1.23 bits per heavy atom. The Bertz CT molecular complexity index is 965. The number of aromatic amines is 1. The number of H-pyrrole nitrogens is 1. The summed E-state index contributed by atoms with van der Waals surface area (Å²) in [6.45, 7) is 1.78. The molecule has 2 atom stereocenters. The van der Waals surface area contributed by atoms with Crippen molar-refractivity contribution in [3.05, 3.63) is 48.4 Å². The highest BCUT2D eigenvalue weighted by atomic mass is 32.2. The molecule has 0 spiro atoms. The summed E-state index contributed by atoms with van der Waals surface area (Å²) in [5.74, 6) is 1.30. The molecule has 30 heavy (non-hydrogen) atoms. The van der Waals surface area contributed by atoms with E-state index in [1.807, 2.05) is 6.92 Å². The molecule has 5 N–H and O–H groups in total. The number of carbonyl (C=O) groups is 1. The zero-order chi connectivity index (χ0) is 21.5. The number of anilines is 3. The second kappa shape index (κ2) is 10.1. The highest BCUT2D eigenvalue weighted by molar-refractivity contribution is 7.89. The molecule has 2 amide bonds. The third-order valence-corrected chi connectivity index (χ3v) is 4.66. The number of aliphatic hydroxyl groups excluding tert-OH is 1. The number of rotatable bonds is 8. The average Bonchev–Trinajstić information content (AvgIpc) is 3.20. The van der Waals surface area contributed by atoms with E-state index in [2.05, 4.69) is 36.1 Å². The minimum Gasteiger partial charge on any atom is -0.616 e. The first kappa shape index (κ1) is 21.6. The third kappa shape index (κ3) is 6.17. The van der Waals surface area contributed by atoms with Crippen LogP contribution in [0.4, 0.5) is 22.0 Å². The van der Waals surface area contributed by atoms with Gasteiger partial charge in [-0.2, -0.15) is 5.10 Å². The van der Waals surface area contributed by atoms with Crippen molar-refractivity contribution in [1.82, 2.24) is 20.2 Å². The fraction of sp³-hybridized carbons (Fsp3) is 0.263. The predicted octanol–water partition coefficient (Wildman–Crippen LogP) is 2.18. The second-order valence-corrected chi connectivity index (χ2v) is 8.09. The van der Waals surface area contributed by atoms with Crippen molar-refractivity contribution < 1.29 is 14.5 Å². The summed E-state index contributed by atoms with van der Waals surface area (Å²) < 4.78 is 11.6. The molecular weight excluding hydrogens is 406 g/mol. The molecule has 0 bridgehead atoms. The summed E-state index contributed by atoms with van der Waals surface area (Å²) in [5.41, 5.74) is 2.52. The maximum atomic E-state index is 12.0. The van der Waals surface area contributed by atoms with Gasteiger partial charge in [-0.3, -0.25) is 5.10 Å². The fourth-order valence-electron chi connectivity index (χ4n) is 2.60. The number of benzene rings is 1. The lowest BCUT2D eigenvalue weighted by Gasteiger charge is -2.14. The zero-order valence-electron chi connectivity index (χ0n) is 16.5. The Labute approximate surface area is 176 Å². The molecule has 0 aliphatic carbocycles. The van der Waals surface area contributed by atoms with Gasteiger partial charge in [0, 0.05) is 29.6 Å². The second-order valence-electron chi connectivity index (χ2n) is 6.66. The van der Waals surface area contributed by atoms with Crippen molar-refractivity contribution in [3.8, 4) is 11.4 Å². The number of aromatic nitrogens is 4. The summed E-state index contributed by atoms with van der Waals surface area (Å²) in [7, 11) is 0. The first-order valence-corrected chi connectivity index (χ1v) is 10.9. The van der Waals surface area contributed by atoms with Crippen LogP contribution in [0.15, 0.2) is 42.7 Å². The molecule has 0 saturated heterocycles. The molecule has 2 heterocycles. The Morgan fingerprint density at radius 2 is 1.97 bits per heavy atom. The SMILES string of the molecule is C[C@@H](CO)Nc1cc(C[S+](C)[O-])nc(-c2ccc(NC(=O)Nc3cn[nH]c3)cc2)n1. The first-order chi connectivity index (χ1) is 14.4. The molecule has 3 rings (SSSR count). The molecular formula is C19H23N7O3S. The summed E-state index contributed by atoms with van der Waals surface area (Å²) >= 11 is -1.06. The van der Waals surface area contributed by atoms with E-state index in [4.69, 9.17) is 0 Å². The van der Waals surface area contributed by atoms with Crippen molar-refractivity contribution in [2.24, 2.45) is 0 Å². The average molecular weight is 430 g/mol. The van der Waals surface area contributed by atoms with Crippen LogP contribution < -0.4 is 16.0 Å². The predicted molar refractivity (Wildman–Crippen MR) is 117 cm³/mol. The summed E-state index contributed by atoms with van der Waals surface area (Å²) in [5, 5.41) is 24.1. The number of urea groups is 1. The van der Waals surface area contributed by atoms with Crippen LogP contribution in [-0.2, 0) is 16.9 Å². The van der Waals surface area contributed by atoms with Crippen LogP contribution in [0.1, 0.15) is 12.6 Å². The molecule has 0 aliphatic rings. The van der Waals surface area contributed by atoms with Crippen LogP contribution in [0, 0.1) is 0 Å². The van der Waals surface area contributed by atoms with Crippen molar-refractivity contribution in [2.75, 3.05) is 28.8 Å². The molecule has 11 heteroatoms. The molecule has 10 nitrogen and oxygen atoms in total. The quantitative estimate of drug-likeness (QED) is 0.344. The summed E-state index contributed by atoms with van der Waals surface area (Å²) in [4.78, 5) is 21.0. The number of nitrogens with one attached hydrogen (secondary N) is 4. The molecule has 0 saturated carbocycles. The van der Waals surface area contributed by atoms with Gasteiger partial charge in [0.1, 0.15) is 11.6 Å². The Hall–Kier alpha value is -3.15. The summed E-state index contributed by atoms with van der Waals surface area (Å²) in [6, 6.07) is 8.20. The van der Waals surface area contributed by atoms with Crippen LogP contribution in [0.5, 0.6) is 0 Å². The molecule has 1 unspecified atom stereocenters. The van der Waals surface area contributed by atoms with E-state index in [0.29, 0.717) is 34.5 Å². The largest absolute Gasteiger partial charge is 0.616 e. The van der Waals surface area contributed by atoms with Crippen molar-refractivity contribution >= 4 is 34.4 Å². The molecule has 3 aromatic rings. The normalized spacial score (nSPS) is 12.8. The van der Waals surface area contributed by atoms with Crippen molar-refractivity contribution in [1.29, 1.82) is 0 Å². The van der Waals surface area contributed by atoms with E-state index in [-0.39, 0.29) is 12.6 Å². The highest BCUT2D eigenvalue weighted by Crippen LogP contribution is 2.22. The first-order valence-electron chi connectivity index (χ1n) is 9.15. The van der Waals surface area contributed by atoms with E-state index in [1.165, 1.54) is 6.20 Å². The van der Waals surface area contributed by atoms with Gasteiger partial charge in [-0.05, 0) is 31.2 Å². The van der Waals surface area contributed by atoms with Gasteiger partial charge in [0.25, 0.3) is 0 Å². The molecule has 0 fully saturated rings. The van der Waals surface area contributed by atoms with Gasteiger partial charge in [0.15, 0.2) is 5.82 Å². The number of aliphatic hydroxyl groups is 1. The molecule has 158 valence electrons. The molecule has 0 aliphatic heterocycles. The Morgan fingerprint density at radius 3 is 2.60 bits per heavy atom. The van der Waals surface area contributed by atoms with Gasteiger partial charge in [-0.25, -0.2) is 14.8 Å². The van der Waals surface area contributed by atoms with Gasteiger partial charge in [0.05, 0.1) is 30.4 Å². The van der Waals surface area contributed by atoms with E-state index >= 15 is 0 Å². The zero-order valence-corrected chi connectivity index (χ0v) is 17.4. The van der Waals surface area contributed by atoms with Crippen molar-refractivity contribution in [3.63, 3.8) is 0 Å². The van der Waals surface area contributed by atoms with Gasteiger partial charge in [-0.1, -0.05) is 11.2 Å². The van der Waals surface area contributed by atoms with Crippen LogP contribution in [-0.4, -0.2) is 54.8 Å². The highest BCUT2D eigenvalue weighted by Gasteiger charge is 2.12. The van der Waals surface area contributed by atoms with E-state index in [9.17, 15) is 14.5 Å². The van der Waals surface area contributed by atoms with Crippen molar-refractivity contribution in [2.45, 2.75) is 18.7 Å². The van der Waals surface area contributed by atoms with Crippen LogP contribution in [0.25, 0.3) is 11.4 Å². The maximum absolute atomic E-state index is 12.0.